The molecule has 4 heteroatoms. The molecule has 1 fully saturated rings. The first-order valence-corrected chi connectivity index (χ1v) is 4.14. The van der Waals surface area contributed by atoms with Gasteiger partial charge in [-0.2, -0.15) is 0 Å². The molecule has 1 N–H and O–H groups in total. The van der Waals surface area contributed by atoms with Crippen LogP contribution in [0.5, 0.6) is 0 Å². The molecule has 1 saturated carbocycles. The van der Waals surface area contributed by atoms with Gasteiger partial charge in [-0.3, -0.25) is 0 Å². The SMILES string of the molecule is [NH]S(=O)(=O)C1CCC1. The van der Waals surface area contributed by atoms with Gasteiger partial charge >= 0.3 is 0 Å². The Morgan fingerprint density at radius 3 is 1.88 bits per heavy atom. The van der Waals surface area contributed by atoms with Gasteiger partial charge in [-0.15, -0.1) is 5.14 Å². The lowest BCUT2D eigenvalue weighted by atomic mass is 10.0. The lowest BCUT2D eigenvalue weighted by molar-refractivity contribution is 0.476. The van der Waals surface area contributed by atoms with E-state index in [0.717, 1.165) is 6.42 Å². The first-order valence-electron chi connectivity index (χ1n) is 2.59. The minimum Gasteiger partial charge on any atom is -0.211 e. The van der Waals surface area contributed by atoms with Gasteiger partial charge in [-0.25, -0.2) is 8.42 Å². The molecule has 0 amide bonds. The minimum atomic E-state index is -3.42. The van der Waals surface area contributed by atoms with E-state index in [9.17, 15) is 8.42 Å². The summed E-state index contributed by atoms with van der Waals surface area (Å²) in [4.78, 5) is 0. The fourth-order valence-corrected chi connectivity index (χ4v) is 1.64. The Morgan fingerprint density at radius 2 is 1.88 bits per heavy atom. The standard InChI is InChI=1S/C4H8NO2S/c5-8(6,7)4-2-1-3-4/h4-5H,1-3H2. The first kappa shape index (κ1) is 6.04. The van der Waals surface area contributed by atoms with Crippen molar-refractivity contribution in [2.75, 3.05) is 0 Å². The van der Waals surface area contributed by atoms with E-state index in [1.54, 1.807) is 0 Å². The zero-order chi connectivity index (χ0) is 6.20. The molecule has 1 aliphatic carbocycles. The number of rotatable bonds is 1. The highest BCUT2D eigenvalue weighted by atomic mass is 32.2. The van der Waals surface area contributed by atoms with E-state index in [2.05, 4.69) is 0 Å². The van der Waals surface area contributed by atoms with Crippen LogP contribution in [0.1, 0.15) is 19.3 Å². The van der Waals surface area contributed by atoms with Gasteiger partial charge in [0.1, 0.15) is 0 Å². The topological polar surface area (TPSA) is 57.9 Å². The van der Waals surface area contributed by atoms with E-state index in [0.29, 0.717) is 12.8 Å². The fraction of sp³-hybridized carbons (Fsp3) is 1.00. The molecule has 0 unspecified atom stereocenters. The molecule has 0 atom stereocenters. The van der Waals surface area contributed by atoms with Crippen LogP contribution in [-0.4, -0.2) is 13.7 Å². The van der Waals surface area contributed by atoms with Crippen molar-refractivity contribution in [3.8, 4) is 0 Å². The van der Waals surface area contributed by atoms with Gasteiger partial charge in [0.15, 0.2) is 0 Å². The number of nitrogens with one attached hydrogen (secondary N) is 1. The predicted molar refractivity (Wildman–Crippen MR) is 29.7 cm³/mol. The summed E-state index contributed by atoms with van der Waals surface area (Å²) in [6.07, 6.45) is 2.38. The van der Waals surface area contributed by atoms with E-state index in [4.69, 9.17) is 5.14 Å². The van der Waals surface area contributed by atoms with E-state index in [1.165, 1.54) is 0 Å². The molecule has 3 nitrogen and oxygen atoms in total. The normalized spacial score (nSPS) is 22.6. The molecule has 0 aromatic carbocycles. The van der Waals surface area contributed by atoms with Crippen LogP contribution >= 0.6 is 0 Å². The molecule has 0 spiro atoms. The van der Waals surface area contributed by atoms with Crippen molar-refractivity contribution in [2.45, 2.75) is 24.5 Å². The van der Waals surface area contributed by atoms with E-state index < -0.39 is 10.0 Å². The summed E-state index contributed by atoms with van der Waals surface area (Å²) in [5, 5.41) is 6.23. The van der Waals surface area contributed by atoms with E-state index >= 15 is 0 Å². The molecular weight excluding hydrogens is 126 g/mol. The molecule has 0 aliphatic heterocycles. The maximum atomic E-state index is 10.3. The average molecular weight is 134 g/mol. The van der Waals surface area contributed by atoms with Crippen molar-refractivity contribution in [1.29, 1.82) is 0 Å². The summed E-state index contributed by atoms with van der Waals surface area (Å²) >= 11 is 0. The molecule has 8 heavy (non-hydrogen) atoms. The van der Waals surface area contributed by atoms with Crippen LogP contribution < -0.4 is 5.14 Å². The van der Waals surface area contributed by atoms with Crippen molar-refractivity contribution >= 4 is 10.0 Å². The smallest absolute Gasteiger partial charge is 0.211 e. The van der Waals surface area contributed by atoms with Crippen molar-refractivity contribution in [3.63, 3.8) is 0 Å². The third-order valence-corrected chi connectivity index (χ3v) is 2.84. The third-order valence-electron chi connectivity index (χ3n) is 1.49. The average Bonchev–Trinajstić information content (AvgIpc) is 1.16. The lowest BCUT2D eigenvalue weighted by Crippen LogP contribution is -2.28. The van der Waals surface area contributed by atoms with Gasteiger partial charge in [0.05, 0.1) is 5.25 Å². The predicted octanol–water partition coefficient (Wildman–Crippen LogP) is 0.152. The van der Waals surface area contributed by atoms with E-state index in [1.807, 2.05) is 0 Å². The van der Waals surface area contributed by atoms with Gasteiger partial charge in [-0.1, -0.05) is 6.42 Å². The Labute approximate surface area is 48.9 Å². The van der Waals surface area contributed by atoms with Gasteiger partial charge < -0.3 is 0 Å². The van der Waals surface area contributed by atoms with Crippen molar-refractivity contribution < 1.29 is 8.42 Å². The molecule has 0 aromatic heterocycles. The number of hydrogen-bond donors (Lipinski definition) is 0. The summed E-state index contributed by atoms with van der Waals surface area (Å²) in [5.41, 5.74) is 0. The molecule has 0 aromatic rings. The number of sulfonamides is 1. The quantitative estimate of drug-likeness (QED) is 0.512. The molecule has 0 bridgehead atoms. The molecule has 0 heterocycles. The Hall–Kier alpha value is -0.0900. The first-order chi connectivity index (χ1) is 3.61. The maximum Gasteiger partial charge on any atom is 0.228 e. The molecular formula is C4H8NO2S. The van der Waals surface area contributed by atoms with Gasteiger partial charge in [-0.05, 0) is 12.8 Å². The molecule has 0 saturated heterocycles. The van der Waals surface area contributed by atoms with Gasteiger partial charge in [0.2, 0.25) is 10.0 Å². The van der Waals surface area contributed by atoms with Gasteiger partial charge in [0.25, 0.3) is 0 Å². The Kier molecular flexibility index (Phi) is 1.28. The fourth-order valence-electron chi connectivity index (χ4n) is 0.681. The zero-order valence-electron chi connectivity index (χ0n) is 4.42. The zero-order valence-corrected chi connectivity index (χ0v) is 5.24. The van der Waals surface area contributed by atoms with Crippen molar-refractivity contribution in [3.05, 3.63) is 0 Å². The Balaban J connectivity index is 2.60. The highest BCUT2D eigenvalue weighted by Crippen LogP contribution is 2.24. The van der Waals surface area contributed by atoms with Gasteiger partial charge in [0, 0.05) is 0 Å². The van der Waals surface area contributed by atoms with Crippen LogP contribution in [0.4, 0.5) is 0 Å². The summed E-state index contributed by atoms with van der Waals surface area (Å²) in [7, 11) is -3.42. The summed E-state index contributed by atoms with van der Waals surface area (Å²) in [6, 6.07) is 0. The second-order valence-electron chi connectivity index (χ2n) is 2.10. The molecule has 1 rings (SSSR count). The highest BCUT2D eigenvalue weighted by molar-refractivity contribution is 7.89. The summed E-state index contributed by atoms with van der Waals surface area (Å²) in [6.45, 7) is 0. The largest absolute Gasteiger partial charge is 0.228 e. The van der Waals surface area contributed by atoms with Crippen LogP contribution in [0.2, 0.25) is 0 Å². The highest BCUT2D eigenvalue weighted by Gasteiger charge is 2.28. The van der Waals surface area contributed by atoms with Crippen LogP contribution in [0.25, 0.3) is 0 Å². The second-order valence-corrected chi connectivity index (χ2v) is 3.85. The van der Waals surface area contributed by atoms with Crippen molar-refractivity contribution in [1.82, 2.24) is 5.14 Å². The molecule has 47 valence electrons. The maximum absolute atomic E-state index is 10.3. The second kappa shape index (κ2) is 1.70. The van der Waals surface area contributed by atoms with E-state index in [-0.39, 0.29) is 5.25 Å². The monoisotopic (exact) mass is 134 g/mol. The summed E-state index contributed by atoms with van der Waals surface area (Å²) in [5.74, 6) is 0. The third kappa shape index (κ3) is 1.00. The molecule has 1 radical (unpaired) electrons. The van der Waals surface area contributed by atoms with Crippen LogP contribution in [0, 0.1) is 0 Å². The number of hydrogen-bond acceptors (Lipinski definition) is 2. The lowest BCUT2D eigenvalue weighted by Gasteiger charge is -2.21. The minimum absolute atomic E-state index is 0.331. The summed E-state index contributed by atoms with van der Waals surface area (Å²) < 4.78 is 20.6. The van der Waals surface area contributed by atoms with Crippen LogP contribution in [0.15, 0.2) is 0 Å². The van der Waals surface area contributed by atoms with Crippen molar-refractivity contribution in [2.24, 2.45) is 0 Å². The Bertz CT molecular complexity index is 168. The molecule has 1 aliphatic rings. The van der Waals surface area contributed by atoms with Crippen LogP contribution in [-0.2, 0) is 10.0 Å². The Morgan fingerprint density at radius 1 is 1.38 bits per heavy atom. The van der Waals surface area contributed by atoms with Crippen LogP contribution in [0.3, 0.4) is 0 Å².